The molecular formula is C64H45N3. The van der Waals surface area contributed by atoms with Crippen LogP contribution in [0.5, 0.6) is 0 Å². The Hall–Kier alpha value is -8.66. The maximum atomic E-state index is 7.29. The van der Waals surface area contributed by atoms with Gasteiger partial charge in [0.25, 0.3) is 0 Å². The third-order valence-electron chi connectivity index (χ3n) is 13.5. The average molecular weight is 856 g/mol. The molecule has 3 heteroatoms. The van der Waals surface area contributed by atoms with Crippen molar-refractivity contribution in [3.8, 4) is 66.8 Å². The van der Waals surface area contributed by atoms with Gasteiger partial charge in [0.1, 0.15) is 5.84 Å². The number of amidine groups is 2. The van der Waals surface area contributed by atoms with Crippen LogP contribution in [-0.4, -0.2) is 11.7 Å². The lowest BCUT2D eigenvalue weighted by Crippen LogP contribution is -2.26. The van der Waals surface area contributed by atoms with Crippen LogP contribution in [0.1, 0.15) is 38.9 Å². The summed E-state index contributed by atoms with van der Waals surface area (Å²) >= 11 is 0. The highest BCUT2D eigenvalue weighted by atomic mass is 15.0. The quantitative estimate of drug-likeness (QED) is 0.120. The summed E-state index contributed by atoms with van der Waals surface area (Å²) in [7, 11) is 0. The summed E-state index contributed by atoms with van der Waals surface area (Å²) in [6, 6.07) is 88.9. The molecule has 10 aromatic rings. The molecule has 12 rings (SSSR count). The van der Waals surface area contributed by atoms with Gasteiger partial charge in [0.15, 0.2) is 5.84 Å². The van der Waals surface area contributed by atoms with Crippen LogP contribution in [0.25, 0.3) is 66.8 Å². The summed E-state index contributed by atoms with van der Waals surface area (Å²) in [5.74, 6) is 0.968. The van der Waals surface area contributed by atoms with Gasteiger partial charge in [-0.1, -0.05) is 206 Å². The van der Waals surface area contributed by atoms with Gasteiger partial charge in [-0.15, -0.1) is 0 Å². The highest BCUT2D eigenvalue weighted by molar-refractivity contribution is 6.12. The van der Waals surface area contributed by atoms with E-state index in [9.17, 15) is 0 Å². The van der Waals surface area contributed by atoms with Gasteiger partial charge in [0.05, 0.1) is 12.0 Å². The van der Waals surface area contributed by atoms with E-state index < -0.39 is 5.41 Å². The van der Waals surface area contributed by atoms with E-state index in [0.717, 1.165) is 61.2 Å². The van der Waals surface area contributed by atoms with Gasteiger partial charge in [-0.3, -0.25) is 4.99 Å². The third-order valence-corrected chi connectivity index (χ3v) is 13.5. The monoisotopic (exact) mass is 855 g/mol. The lowest BCUT2D eigenvalue weighted by molar-refractivity contribution is 0.793. The van der Waals surface area contributed by atoms with Crippen LogP contribution in [0.2, 0.25) is 0 Å². The van der Waals surface area contributed by atoms with Crippen LogP contribution >= 0.6 is 0 Å². The SMILES string of the molecule is NC(=NC(=NCc1cc(-c2ccccc2)cc(-c2ccccc2)c1)c1ccc2c(c1)C1(c3ccccc3-c3ccccc31)c1ccccc1-2)c1cc(-c2ccccc2)cc(-c2ccccc2)c1. The van der Waals surface area contributed by atoms with Gasteiger partial charge >= 0.3 is 0 Å². The molecule has 0 aliphatic heterocycles. The van der Waals surface area contributed by atoms with E-state index in [1.54, 1.807) is 0 Å². The topological polar surface area (TPSA) is 50.7 Å². The maximum Gasteiger partial charge on any atom is 0.157 e. The fourth-order valence-corrected chi connectivity index (χ4v) is 10.5. The minimum absolute atomic E-state index is 0.389. The summed E-state index contributed by atoms with van der Waals surface area (Å²) in [6.45, 7) is 0.389. The highest BCUT2D eigenvalue weighted by Crippen LogP contribution is 2.62. The van der Waals surface area contributed by atoms with Gasteiger partial charge in [-0.25, -0.2) is 4.99 Å². The fourth-order valence-electron chi connectivity index (χ4n) is 10.5. The number of nitrogens with zero attached hydrogens (tertiary/aromatic N) is 2. The second-order valence-electron chi connectivity index (χ2n) is 17.5. The average Bonchev–Trinajstić information content (AvgIpc) is 3.87. The molecule has 1 spiro atoms. The second-order valence-corrected chi connectivity index (χ2v) is 17.5. The Morgan fingerprint density at radius 1 is 0.328 bits per heavy atom. The van der Waals surface area contributed by atoms with Crippen LogP contribution in [-0.2, 0) is 12.0 Å². The molecule has 2 aliphatic rings. The molecule has 316 valence electrons. The number of benzene rings is 10. The van der Waals surface area contributed by atoms with Crippen LogP contribution in [0.15, 0.2) is 259 Å². The van der Waals surface area contributed by atoms with Crippen molar-refractivity contribution in [2.45, 2.75) is 12.0 Å². The first-order valence-electron chi connectivity index (χ1n) is 23.0. The summed E-state index contributed by atoms with van der Waals surface area (Å²) in [6.07, 6.45) is 0. The normalized spacial score (nSPS) is 13.2. The Balaban J connectivity index is 1.06. The first-order valence-corrected chi connectivity index (χ1v) is 23.0. The van der Waals surface area contributed by atoms with Crippen molar-refractivity contribution >= 4 is 11.7 Å². The molecule has 2 N–H and O–H groups in total. The summed E-state index contributed by atoms with van der Waals surface area (Å²) < 4.78 is 0. The summed E-state index contributed by atoms with van der Waals surface area (Å²) in [5.41, 5.74) is 28.6. The molecule has 0 bridgehead atoms. The predicted octanol–water partition coefficient (Wildman–Crippen LogP) is 15.1. The Labute approximate surface area is 392 Å². The third kappa shape index (κ3) is 7.00. The fraction of sp³-hybridized carbons (Fsp3) is 0.0312. The first kappa shape index (κ1) is 39.9. The minimum Gasteiger partial charge on any atom is -0.383 e. The molecule has 0 aromatic heterocycles. The predicted molar refractivity (Wildman–Crippen MR) is 278 cm³/mol. The Morgan fingerprint density at radius 2 is 0.701 bits per heavy atom. The van der Waals surface area contributed by atoms with E-state index in [1.807, 2.05) is 12.1 Å². The van der Waals surface area contributed by atoms with Gasteiger partial charge in [-0.05, 0) is 137 Å². The Kier molecular flexibility index (Phi) is 9.95. The molecule has 0 fully saturated rings. The lowest BCUT2D eigenvalue weighted by atomic mass is 9.70. The summed E-state index contributed by atoms with van der Waals surface area (Å²) in [5, 5.41) is 0. The van der Waals surface area contributed by atoms with Gasteiger partial charge in [0.2, 0.25) is 0 Å². The highest BCUT2D eigenvalue weighted by Gasteiger charge is 2.51. The number of hydrogen-bond acceptors (Lipinski definition) is 1. The number of rotatable bonds is 8. The molecule has 2 aliphatic carbocycles. The standard InChI is InChI=1S/C64H45N3/c65-62(53-39-51(46-23-9-3-10-24-46)38-52(40-53)47-25-11-4-12-26-47)67-63(66-42-43-35-49(44-19-5-1-6-20-44)37-50(36-43)45-21-7-2-8-22-45)48-33-34-57-56-29-15-18-32-60(56)64(61(57)41-48)58-30-16-13-27-54(58)55-28-14-17-31-59(55)64/h1-41H,42H2,(H2,65,66,67). The van der Waals surface area contributed by atoms with Crippen molar-refractivity contribution in [3.63, 3.8) is 0 Å². The number of hydrogen-bond donors (Lipinski definition) is 1. The van der Waals surface area contributed by atoms with Gasteiger partial charge < -0.3 is 5.73 Å². The molecule has 0 saturated carbocycles. The van der Waals surface area contributed by atoms with E-state index in [1.165, 1.54) is 44.5 Å². The zero-order valence-electron chi connectivity index (χ0n) is 36.9. The van der Waals surface area contributed by atoms with Crippen molar-refractivity contribution in [2.75, 3.05) is 0 Å². The van der Waals surface area contributed by atoms with E-state index in [4.69, 9.17) is 15.7 Å². The molecular weight excluding hydrogens is 811 g/mol. The van der Waals surface area contributed by atoms with Gasteiger partial charge in [-0.2, -0.15) is 0 Å². The number of fused-ring (bicyclic) bond motifs is 10. The lowest BCUT2D eigenvalue weighted by Gasteiger charge is -2.30. The van der Waals surface area contributed by atoms with E-state index >= 15 is 0 Å². The molecule has 0 unspecified atom stereocenters. The van der Waals surface area contributed by atoms with E-state index in [0.29, 0.717) is 18.2 Å². The smallest absolute Gasteiger partial charge is 0.157 e. The van der Waals surface area contributed by atoms with Crippen LogP contribution in [0.3, 0.4) is 0 Å². The van der Waals surface area contributed by atoms with Crippen LogP contribution in [0.4, 0.5) is 0 Å². The van der Waals surface area contributed by atoms with Crippen molar-refractivity contribution in [3.05, 3.63) is 288 Å². The van der Waals surface area contributed by atoms with Crippen molar-refractivity contribution in [1.82, 2.24) is 0 Å². The molecule has 10 aromatic carbocycles. The number of aliphatic imine (C=N–C) groups is 2. The van der Waals surface area contributed by atoms with E-state index in [2.05, 4.69) is 237 Å². The minimum atomic E-state index is -0.515. The van der Waals surface area contributed by atoms with E-state index in [-0.39, 0.29) is 0 Å². The zero-order chi connectivity index (χ0) is 44.7. The van der Waals surface area contributed by atoms with Crippen LogP contribution < -0.4 is 5.73 Å². The molecule has 0 radical (unpaired) electrons. The second kappa shape index (κ2) is 16.7. The Morgan fingerprint density at radius 3 is 1.13 bits per heavy atom. The van der Waals surface area contributed by atoms with Gasteiger partial charge in [0, 0.05) is 11.1 Å². The molecule has 67 heavy (non-hydrogen) atoms. The van der Waals surface area contributed by atoms with Crippen molar-refractivity contribution in [2.24, 2.45) is 15.7 Å². The summed E-state index contributed by atoms with van der Waals surface area (Å²) in [4.78, 5) is 10.9. The van der Waals surface area contributed by atoms with Crippen LogP contribution in [0, 0.1) is 0 Å². The molecule has 0 saturated heterocycles. The first-order chi connectivity index (χ1) is 33.1. The molecule has 3 nitrogen and oxygen atoms in total. The largest absolute Gasteiger partial charge is 0.383 e. The molecule has 0 heterocycles. The zero-order valence-corrected chi connectivity index (χ0v) is 36.9. The van der Waals surface area contributed by atoms with Crippen molar-refractivity contribution in [1.29, 1.82) is 0 Å². The molecule has 0 atom stereocenters. The maximum absolute atomic E-state index is 7.29. The molecule has 0 amide bonds. The number of nitrogens with two attached hydrogens (primary N) is 1. The van der Waals surface area contributed by atoms with Crippen molar-refractivity contribution < 1.29 is 0 Å². The Bertz CT molecular complexity index is 3360.